The maximum atomic E-state index is 15.2. The lowest BCUT2D eigenvalue weighted by Crippen LogP contribution is -2.23. The molecule has 2 atom stereocenters. The van der Waals surface area contributed by atoms with Gasteiger partial charge in [0, 0.05) is 12.5 Å². The molecule has 118 valence electrons. The van der Waals surface area contributed by atoms with Crippen LogP contribution in [0.2, 0.25) is 0 Å². The second-order valence-electron chi connectivity index (χ2n) is 6.29. The maximum Gasteiger partial charge on any atom is 0.133 e. The minimum absolute atomic E-state index is 0.183. The molecule has 0 saturated carbocycles. The van der Waals surface area contributed by atoms with Crippen LogP contribution in [0, 0.1) is 0 Å². The van der Waals surface area contributed by atoms with Crippen LogP contribution >= 0.6 is 0 Å². The molecule has 3 aromatic carbocycles. The highest BCUT2D eigenvalue weighted by molar-refractivity contribution is 5.83. The summed E-state index contributed by atoms with van der Waals surface area (Å²) in [6.07, 6.45) is -1.01. The highest BCUT2D eigenvalue weighted by Gasteiger charge is 2.25. The molecule has 0 saturated heterocycles. The second kappa shape index (κ2) is 6.93. The molecule has 3 aromatic rings. The number of alkyl halides is 1. The number of rotatable bonds is 5. The molecule has 2 unspecified atom stereocenters. The molecule has 0 aliphatic heterocycles. The van der Waals surface area contributed by atoms with Crippen molar-refractivity contribution in [2.75, 3.05) is 20.6 Å². The van der Waals surface area contributed by atoms with Crippen molar-refractivity contribution in [2.24, 2.45) is 0 Å². The zero-order chi connectivity index (χ0) is 16.2. The van der Waals surface area contributed by atoms with Gasteiger partial charge in [0.2, 0.25) is 0 Å². The molecule has 2 heteroatoms. The first kappa shape index (κ1) is 15.7. The van der Waals surface area contributed by atoms with Crippen molar-refractivity contribution in [3.63, 3.8) is 0 Å². The summed E-state index contributed by atoms with van der Waals surface area (Å²) in [7, 11) is 3.98. The molecule has 0 heterocycles. The molecule has 0 radical (unpaired) electrons. The molecule has 0 fully saturated rings. The molecule has 0 spiro atoms. The molecule has 0 amide bonds. The summed E-state index contributed by atoms with van der Waals surface area (Å²) in [5.74, 6) is -0.183. The number of hydrogen-bond acceptors (Lipinski definition) is 1. The Morgan fingerprint density at radius 2 is 1.43 bits per heavy atom. The van der Waals surface area contributed by atoms with Gasteiger partial charge in [0.1, 0.15) is 6.17 Å². The van der Waals surface area contributed by atoms with Crippen molar-refractivity contribution in [1.82, 2.24) is 4.90 Å². The molecular weight excluding hydrogens is 285 g/mol. The molecule has 0 aliphatic carbocycles. The van der Waals surface area contributed by atoms with Gasteiger partial charge in [-0.2, -0.15) is 0 Å². The van der Waals surface area contributed by atoms with Crippen LogP contribution in [-0.4, -0.2) is 25.5 Å². The Balaban J connectivity index is 2.00. The SMILES string of the molecule is CN(C)CC(c1ccc2ccccc2c1)C(F)c1ccccc1. The Hall–Kier alpha value is -2.19. The first-order valence-electron chi connectivity index (χ1n) is 7.97. The van der Waals surface area contributed by atoms with E-state index in [1.807, 2.05) is 56.6 Å². The zero-order valence-corrected chi connectivity index (χ0v) is 13.6. The van der Waals surface area contributed by atoms with E-state index in [4.69, 9.17) is 0 Å². The van der Waals surface area contributed by atoms with Gasteiger partial charge in [0.25, 0.3) is 0 Å². The average molecular weight is 307 g/mol. The Morgan fingerprint density at radius 1 is 0.783 bits per heavy atom. The molecule has 3 rings (SSSR count). The highest BCUT2D eigenvalue weighted by atomic mass is 19.1. The van der Waals surface area contributed by atoms with Crippen molar-refractivity contribution >= 4 is 10.8 Å². The molecule has 23 heavy (non-hydrogen) atoms. The molecule has 0 N–H and O–H groups in total. The van der Waals surface area contributed by atoms with E-state index in [1.165, 1.54) is 5.39 Å². The van der Waals surface area contributed by atoms with E-state index in [0.29, 0.717) is 6.54 Å². The second-order valence-corrected chi connectivity index (χ2v) is 6.29. The largest absolute Gasteiger partial charge is 0.309 e. The summed E-state index contributed by atoms with van der Waals surface area (Å²) < 4.78 is 15.2. The molecule has 1 nitrogen and oxygen atoms in total. The van der Waals surface area contributed by atoms with E-state index < -0.39 is 6.17 Å². The standard InChI is InChI=1S/C21H22FN/c1-23(2)15-20(21(22)17-9-4-3-5-10-17)19-13-12-16-8-6-7-11-18(16)14-19/h3-14,20-21H,15H2,1-2H3. The van der Waals surface area contributed by atoms with Crippen LogP contribution in [0.25, 0.3) is 10.8 Å². The third-order valence-electron chi connectivity index (χ3n) is 4.23. The predicted octanol–water partition coefficient (Wildman–Crippen LogP) is 5.20. The number of nitrogens with zero attached hydrogens (tertiary/aromatic N) is 1. The molecular formula is C21H22FN. The molecule has 0 bridgehead atoms. The summed E-state index contributed by atoms with van der Waals surface area (Å²) in [5, 5.41) is 2.35. The van der Waals surface area contributed by atoms with Gasteiger partial charge < -0.3 is 4.90 Å². The van der Waals surface area contributed by atoms with Crippen LogP contribution in [0.3, 0.4) is 0 Å². The lowest BCUT2D eigenvalue weighted by Gasteiger charge is -2.25. The summed E-state index contributed by atoms with van der Waals surface area (Å²) in [5.41, 5.74) is 1.79. The van der Waals surface area contributed by atoms with E-state index in [1.54, 1.807) is 0 Å². The van der Waals surface area contributed by atoms with Crippen molar-refractivity contribution in [2.45, 2.75) is 12.1 Å². The maximum absolute atomic E-state index is 15.2. The van der Waals surface area contributed by atoms with Crippen LogP contribution in [0.1, 0.15) is 23.2 Å². The Bertz CT molecular complexity index is 767. The normalized spacial score (nSPS) is 14.1. The Kier molecular flexibility index (Phi) is 4.73. The van der Waals surface area contributed by atoms with Gasteiger partial charge in [-0.3, -0.25) is 0 Å². The smallest absolute Gasteiger partial charge is 0.133 e. The van der Waals surface area contributed by atoms with E-state index >= 15 is 4.39 Å². The van der Waals surface area contributed by atoms with Crippen LogP contribution in [0.5, 0.6) is 0 Å². The van der Waals surface area contributed by atoms with Crippen LogP contribution in [0.4, 0.5) is 4.39 Å². The molecule has 0 aromatic heterocycles. The fourth-order valence-corrected chi connectivity index (χ4v) is 3.07. The number of likely N-dealkylation sites (N-methyl/N-ethyl adjacent to an activating group) is 1. The highest BCUT2D eigenvalue weighted by Crippen LogP contribution is 2.35. The topological polar surface area (TPSA) is 3.24 Å². The van der Waals surface area contributed by atoms with Crippen molar-refractivity contribution in [3.05, 3.63) is 83.9 Å². The minimum atomic E-state index is -1.01. The Morgan fingerprint density at radius 3 is 2.13 bits per heavy atom. The van der Waals surface area contributed by atoms with Gasteiger partial charge in [-0.25, -0.2) is 4.39 Å². The average Bonchev–Trinajstić information content (AvgIpc) is 2.59. The van der Waals surface area contributed by atoms with Gasteiger partial charge in [-0.15, -0.1) is 0 Å². The molecule has 0 aliphatic rings. The number of benzene rings is 3. The monoisotopic (exact) mass is 307 g/mol. The fourth-order valence-electron chi connectivity index (χ4n) is 3.07. The summed E-state index contributed by atoms with van der Waals surface area (Å²) in [6, 6.07) is 24.0. The van der Waals surface area contributed by atoms with Crippen molar-refractivity contribution in [1.29, 1.82) is 0 Å². The summed E-state index contributed by atoms with van der Waals surface area (Å²) >= 11 is 0. The Labute approximate surface area is 137 Å². The zero-order valence-electron chi connectivity index (χ0n) is 13.6. The van der Waals surface area contributed by atoms with E-state index in [-0.39, 0.29) is 5.92 Å². The van der Waals surface area contributed by atoms with E-state index in [0.717, 1.165) is 16.5 Å². The van der Waals surface area contributed by atoms with E-state index in [2.05, 4.69) is 35.2 Å². The third kappa shape index (κ3) is 3.59. The lowest BCUT2D eigenvalue weighted by atomic mass is 9.88. The van der Waals surface area contributed by atoms with Gasteiger partial charge in [0.15, 0.2) is 0 Å². The number of fused-ring (bicyclic) bond motifs is 1. The fraction of sp³-hybridized carbons (Fsp3) is 0.238. The summed E-state index contributed by atoms with van der Waals surface area (Å²) in [6.45, 7) is 0.675. The first-order chi connectivity index (χ1) is 11.1. The van der Waals surface area contributed by atoms with Crippen LogP contribution < -0.4 is 0 Å². The number of hydrogen-bond donors (Lipinski definition) is 0. The quantitative estimate of drug-likeness (QED) is 0.626. The van der Waals surface area contributed by atoms with Gasteiger partial charge >= 0.3 is 0 Å². The van der Waals surface area contributed by atoms with Crippen molar-refractivity contribution < 1.29 is 4.39 Å². The summed E-state index contributed by atoms with van der Waals surface area (Å²) in [4.78, 5) is 2.05. The number of halogens is 1. The predicted molar refractivity (Wildman–Crippen MR) is 95.5 cm³/mol. The van der Waals surface area contributed by atoms with Gasteiger partial charge in [-0.1, -0.05) is 72.8 Å². The van der Waals surface area contributed by atoms with Gasteiger partial charge in [0.05, 0.1) is 0 Å². The lowest BCUT2D eigenvalue weighted by molar-refractivity contribution is 0.240. The third-order valence-corrected chi connectivity index (χ3v) is 4.23. The van der Waals surface area contributed by atoms with E-state index in [9.17, 15) is 0 Å². The van der Waals surface area contributed by atoms with Crippen LogP contribution in [-0.2, 0) is 0 Å². The van der Waals surface area contributed by atoms with Crippen molar-refractivity contribution in [3.8, 4) is 0 Å². The van der Waals surface area contributed by atoms with Gasteiger partial charge in [-0.05, 0) is 36.0 Å². The van der Waals surface area contributed by atoms with Crippen LogP contribution in [0.15, 0.2) is 72.8 Å². The first-order valence-corrected chi connectivity index (χ1v) is 7.97. The minimum Gasteiger partial charge on any atom is -0.309 e.